The Labute approximate surface area is 157 Å². The molecular formula is C16H14ClN5O3S. The summed E-state index contributed by atoms with van der Waals surface area (Å²) in [6, 6.07) is 2.83. The van der Waals surface area contributed by atoms with Crippen LogP contribution < -0.4 is 20.1 Å². The Kier molecular flexibility index (Phi) is 4.63. The number of nitrogens with one attached hydrogen (secondary N) is 3. The number of anilines is 2. The van der Waals surface area contributed by atoms with Crippen molar-refractivity contribution in [1.82, 2.24) is 15.2 Å². The summed E-state index contributed by atoms with van der Waals surface area (Å²) in [5, 5.41) is 15.2. The topological polar surface area (TPSA) is 101 Å². The van der Waals surface area contributed by atoms with E-state index in [-0.39, 0.29) is 0 Å². The van der Waals surface area contributed by atoms with Crippen LogP contribution in [0.3, 0.4) is 0 Å². The SMILES string of the molecule is O=C(Nc1cc2c(cc1Cl)OCCCO2)Nc1cn[nH]c1-c1nccs1. The molecule has 0 aliphatic carbocycles. The van der Waals surface area contributed by atoms with Gasteiger partial charge in [-0.15, -0.1) is 11.3 Å². The highest BCUT2D eigenvalue weighted by atomic mass is 35.5. The number of urea groups is 1. The number of carbonyl (C=O) groups excluding carboxylic acids is 1. The van der Waals surface area contributed by atoms with Crippen LogP contribution in [-0.4, -0.2) is 34.4 Å². The molecule has 134 valence electrons. The fraction of sp³-hybridized carbons (Fsp3) is 0.188. The lowest BCUT2D eigenvalue weighted by atomic mass is 10.2. The monoisotopic (exact) mass is 391 g/mol. The lowest BCUT2D eigenvalue weighted by Crippen LogP contribution is -2.19. The zero-order valence-corrected chi connectivity index (χ0v) is 15.0. The predicted octanol–water partition coefficient (Wildman–Crippen LogP) is 3.99. The molecule has 4 rings (SSSR count). The first-order valence-electron chi connectivity index (χ1n) is 7.81. The Bertz CT molecular complexity index is 928. The summed E-state index contributed by atoms with van der Waals surface area (Å²) in [5.41, 5.74) is 1.58. The number of benzene rings is 1. The van der Waals surface area contributed by atoms with Crippen LogP contribution >= 0.6 is 22.9 Å². The van der Waals surface area contributed by atoms with E-state index in [0.717, 1.165) is 11.4 Å². The van der Waals surface area contributed by atoms with Crippen molar-refractivity contribution in [1.29, 1.82) is 0 Å². The van der Waals surface area contributed by atoms with Gasteiger partial charge in [-0.2, -0.15) is 5.10 Å². The summed E-state index contributed by atoms with van der Waals surface area (Å²) in [7, 11) is 0. The molecule has 3 aromatic rings. The standard InChI is InChI=1S/C16H14ClN5O3S/c17-9-6-12-13(25-4-1-3-24-12)7-10(9)20-16(23)21-11-8-19-22-14(11)15-18-2-5-26-15/h2,5-8H,1,3-4H2,(H,19,22)(H2,20,21,23). The van der Waals surface area contributed by atoms with Crippen molar-refractivity contribution in [2.75, 3.05) is 23.8 Å². The largest absolute Gasteiger partial charge is 0.490 e. The smallest absolute Gasteiger partial charge is 0.323 e. The van der Waals surface area contributed by atoms with Gasteiger partial charge in [-0.25, -0.2) is 9.78 Å². The number of hydrogen-bond acceptors (Lipinski definition) is 6. The zero-order valence-electron chi connectivity index (χ0n) is 13.4. The van der Waals surface area contributed by atoms with E-state index in [1.54, 1.807) is 18.3 Å². The fourth-order valence-corrected chi connectivity index (χ4v) is 3.29. The van der Waals surface area contributed by atoms with Gasteiger partial charge < -0.3 is 20.1 Å². The van der Waals surface area contributed by atoms with Gasteiger partial charge in [-0.05, 0) is 0 Å². The van der Waals surface area contributed by atoms with Crippen LogP contribution in [0.1, 0.15) is 6.42 Å². The summed E-state index contributed by atoms with van der Waals surface area (Å²) in [6.45, 7) is 1.11. The van der Waals surface area contributed by atoms with Gasteiger partial charge >= 0.3 is 6.03 Å². The first-order chi connectivity index (χ1) is 12.7. The van der Waals surface area contributed by atoms with Gasteiger partial charge in [0, 0.05) is 30.1 Å². The van der Waals surface area contributed by atoms with Gasteiger partial charge in [0.2, 0.25) is 0 Å². The molecule has 0 unspecified atom stereocenters. The van der Waals surface area contributed by atoms with Crippen molar-refractivity contribution in [3.8, 4) is 22.2 Å². The number of rotatable bonds is 3. The molecule has 0 spiro atoms. The average Bonchev–Trinajstić information content (AvgIpc) is 3.24. The molecule has 3 heterocycles. The van der Waals surface area contributed by atoms with Crippen LogP contribution in [0, 0.1) is 0 Å². The first-order valence-corrected chi connectivity index (χ1v) is 9.07. The average molecular weight is 392 g/mol. The Morgan fingerprint density at radius 3 is 2.73 bits per heavy atom. The number of nitrogens with zero attached hydrogens (tertiary/aromatic N) is 2. The van der Waals surface area contributed by atoms with Gasteiger partial charge in [-0.3, -0.25) is 5.10 Å². The Morgan fingerprint density at radius 2 is 1.96 bits per heavy atom. The van der Waals surface area contributed by atoms with Crippen LogP contribution in [0.2, 0.25) is 5.02 Å². The summed E-state index contributed by atoms with van der Waals surface area (Å²) in [6.07, 6.45) is 3.99. The number of aromatic nitrogens is 3. The summed E-state index contributed by atoms with van der Waals surface area (Å²) in [4.78, 5) is 16.6. The molecule has 3 N–H and O–H groups in total. The molecular weight excluding hydrogens is 378 g/mol. The third kappa shape index (κ3) is 3.44. The van der Waals surface area contributed by atoms with Crippen LogP contribution in [0.5, 0.6) is 11.5 Å². The molecule has 0 radical (unpaired) electrons. The van der Waals surface area contributed by atoms with Crippen LogP contribution in [0.4, 0.5) is 16.2 Å². The van der Waals surface area contributed by atoms with Crippen LogP contribution in [-0.2, 0) is 0 Å². The Balaban J connectivity index is 1.51. The molecule has 0 bridgehead atoms. The maximum atomic E-state index is 12.4. The second kappa shape index (κ2) is 7.22. The van der Waals surface area contributed by atoms with E-state index in [0.29, 0.717) is 46.8 Å². The second-order valence-corrected chi connectivity index (χ2v) is 6.71. The molecule has 0 fully saturated rings. The number of ether oxygens (including phenoxy) is 2. The normalized spacial score (nSPS) is 13.1. The maximum Gasteiger partial charge on any atom is 0.323 e. The lowest BCUT2D eigenvalue weighted by Gasteiger charge is -2.13. The number of amides is 2. The summed E-state index contributed by atoms with van der Waals surface area (Å²) >= 11 is 7.69. The van der Waals surface area contributed by atoms with Crippen LogP contribution in [0.15, 0.2) is 29.9 Å². The highest BCUT2D eigenvalue weighted by Crippen LogP contribution is 2.37. The zero-order chi connectivity index (χ0) is 17.9. The lowest BCUT2D eigenvalue weighted by molar-refractivity contribution is 0.262. The number of halogens is 1. The third-order valence-corrected chi connectivity index (χ3v) is 4.72. The van der Waals surface area contributed by atoms with E-state index in [2.05, 4.69) is 25.8 Å². The molecule has 1 aliphatic heterocycles. The van der Waals surface area contributed by atoms with Gasteiger partial charge in [0.1, 0.15) is 10.7 Å². The Hall–Kier alpha value is -2.78. The molecule has 0 saturated heterocycles. The third-order valence-electron chi connectivity index (χ3n) is 3.62. The highest BCUT2D eigenvalue weighted by molar-refractivity contribution is 7.13. The van der Waals surface area contributed by atoms with Gasteiger partial charge in [-0.1, -0.05) is 11.6 Å². The van der Waals surface area contributed by atoms with E-state index in [1.807, 2.05) is 5.38 Å². The molecule has 0 saturated carbocycles. The minimum Gasteiger partial charge on any atom is -0.490 e. The predicted molar refractivity (Wildman–Crippen MR) is 99.4 cm³/mol. The highest BCUT2D eigenvalue weighted by Gasteiger charge is 2.17. The van der Waals surface area contributed by atoms with E-state index < -0.39 is 6.03 Å². The second-order valence-electron chi connectivity index (χ2n) is 5.40. The molecule has 2 amide bonds. The molecule has 10 heteroatoms. The van der Waals surface area contributed by atoms with Gasteiger partial charge in [0.25, 0.3) is 0 Å². The molecule has 1 aliphatic rings. The van der Waals surface area contributed by atoms with Crippen molar-refractivity contribution in [3.05, 3.63) is 34.9 Å². The minimum absolute atomic E-state index is 0.358. The quantitative estimate of drug-likeness (QED) is 0.626. The van der Waals surface area contributed by atoms with E-state index in [1.165, 1.54) is 17.5 Å². The van der Waals surface area contributed by atoms with E-state index >= 15 is 0 Å². The van der Waals surface area contributed by atoms with Crippen LogP contribution in [0.25, 0.3) is 10.7 Å². The number of carbonyl (C=O) groups is 1. The van der Waals surface area contributed by atoms with E-state index in [9.17, 15) is 4.79 Å². The van der Waals surface area contributed by atoms with Crippen molar-refractivity contribution in [3.63, 3.8) is 0 Å². The fourth-order valence-electron chi connectivity index (χ4n) is 2.45. The molecule has 8 nitrogen and oxygen atoms in total. The van der Waals surface area contributed by atoms with E-state index in [4.69, 9.17) is 21.1 Å². The number of hydrogen-bond donors (Lipinski definition) is 3. The van der Waals surface area contributed by atoms with Crippen molar-refractivity contribution in [2.45, 2.75) is 6.42 Å². The molecule has 1 aromatic carbocycles. The van der Waals surface area contributed by atoms with Crippen molar-refractivity contribution in [2.24, 2.45) is 0 Å². The summed E-state index contributed by atoms with van der Waals surface area (Å²) < 4.78 is 11.2. The van der Waals surface area contributed by atoms with Gasteiger partial charge in [0.05, 0.1) is 35.8 Å². The van der Waals surface area contributed by atoms with Crippen molar-refractivity contribution >= 4 is 40.3 Å². The maximum absolute atomic E-state index is 12.4. The summed E-state index contributed by atoms with van der Waals surface area (Å²) in [5.74, 6) is 1.12. The number of thiazole rings is 1. The number of fused-ring (bicyclic) bond motifs is 1. The Morgan fingerprint density at radius 1 is 1.19 bits per heavy atom. The first kappa shape index (κ1) is 16.7. The van der Waals surface area contributed by atoms with Crippen molar-refractivity contribution < 1.29 is 14.3 Å². The minimum atomic E-state index is -0.458. The number of H-pyrrole nitrogens is 1. The molecule has 2 aromatic heterocycles. The molecule has 26 heavy (non-hydrogen) atoms. The number of aromatic amines is 1. The van der Waals surface area contributed by atoms with Gasteiger partial charge in [0.15, 0.2) is 11.5 Å². The molecule has 0 atom stereocenters.